The summed E-state index contributed by atoms with van der Waals surface area (Å²) >= 11 is 1.27. The second kappa shape index (κ2) is 6.42. The first kappa shape index (κ1) is 14.4. The lowest BCUT2D eigenvalue weighted by Gasteiger charge is -2.05. The first-order valence-electron chi connectivity index (χ1n) is 6.29. The topological polar surface area (TPSA) is 85.8 Å². The van der Waals surface area contributed by atoms with Crippen LogP contribution in [0.25, 0.3) is 0 Å². The van der Waals surface area contributed by atoms with Crippen molar-refractivity contribution in [2.24, 2.45) is 0 Å². The zero-order valence-corrected chi connectivity index (χ0v) is 12.3. The van der Waals surface area contributed by atoms with Crippen LogP contribution >= 0.6 is 11.8 Å². The first-order valence-corrected chi connectivity index (χ1v) is 7.27. The number of carbonyl (C=O) groups excluding carboxylic acids is 1. The highest BCUT2D eigenvalue weighted by Crippen LogP contribution is 2.15. The number of nitrogens with zero attached hydrogens (tertiary/aromatic N) is 3. The van der Waals surface area contributed by atoms with Crippen molar-refractivity contribution in [2.45, 2.75) is 25.4 Å². The Morgan fingerprint density at radius 2 is 2.05 bits per heavy atom. The van der Waals surface area contributed by atoms with E-state index in [-0.39, 0.29) is 11.7 Å². The molecular weight excluding hydrogens is 274 g/mol. The lowest BCUT2D eigenvalue weighted by atomic mass is 10.2. The van der Waals surface area contributed by atoms with Gasteiger partial charge < -0.3 is 11.2 Å². The van der Waals surface area contributed by atoms with Gasteiger partial charge in [0.1, 0.15) is 0 Å². The lowest BCUT2D eigenvalue weighted by molar-refractivity contribution is -0.113. The molecule has 2 aromatic rings. The summed E-state index contributed by atoms with van der Waals surface area (Å²) in [6.07, 6.45) is 0.708. The summed E-state index contributed by atoms with van der Waals surface area (Å²) in [6.45, 7) is 3.95. The third-order valence-corrected chi connectivity index (χ3v) is 3.66. The molecule has 0 aliphatic heterocycles. The minimum absolute atomic E-state index is 0.0973. The van der Waals surface area contributed by atoms with E-state index in [1.807, 2.05) is 38.1 Å². The summed E-state index contributed by atoms with van der Waals surface area (Å²) in [6, 6.07) is 7.65. The van der Waals surface area contributed by atoms with Gasteiger partial charge in [-0.15, -0.1) is 10.2 Å². The summed E-state index contributed by atoms with van der Waals surface area (Å²) < 4.78 is 1.42. The van der Waals surface area contributed by atoms with Gasteiger partial charge in [-0.3, -0.25) is 4.79 Å². The van der Waals surface area contributed by atoms with E-state index >= 15 is 0 Å². The largest absolute Gasteiger partial charge is 0.336 e. The van der Waals surface area contributed by atoms with Crippen LogP contribution in [0.3, 0.4) is 0 Å². The van der Waals surface area contributed by atoms with Gasteiger partial charge in [-0.05, 0) is 19.1 Å². The average molecular weight is 291 g/mol. The van der Waals surface area contributed by atoms with Crippen LogP contribution in [0.2, 0.25) is 0 Å². The number of hydrogen-bond donors (Lipinski definition) is 2. The van der Waals surface area contributed by atoms with Crippen molar-refractivity contribution in [3.8, 4) is 0 Å². The van der Waals surface area contributed by atoms with E-state index in [4.69, 9.17) is 5.84 Å². The minimum atomic E-state index is -0.0973. The SMILES string of the molecule is CCc1nnc(SCC(=O)Nc2ccc(C)cc2)n1N. The van der Waals surface area contributed by atoms with E-state index in [1.54, 1.807) is 0 Å². The third kappa shape index (κ3) is 3.51. The quantitative estimate of drug-likeness (QED) is 0.645. The van der Waals surface area contributed by atoms with E-state index in [0.717, 1.165) is 11.3 Å². The fraction of sp³-hybridized carbons (Fsp3) is 0.308. The van der Waals surface area contributed by atoms with Crippen molar-refractivity contribution in [2.75, 3.05) is 16.9 Å². The second-order valence-corrected chi connectivity index (χ2v) is 5.27. The third-order valence-electron chi connectivity index (χ3n) is 2.72. The number of nitrogens with two attached hydrogens (primary N) is 1. The van der Waals surface area contributed by atoms with Crippen LogP contribution in [0, 0.1) is 6.92 Å². The normalized spacial score (nSPS) is 10.5. The number of amides is 1. The molecule has 0 aliphatic carbocycles. The monoisotopic (exact) mass is 291 g/mol. The fourth-order valence-corrected chi connectivity index (χ4v) is 2.29. The Labute approximate surface area is 121 Å². The smallest absolute Gasteiger partial charge is 0.234 e. The van der Waals surface area contributed by atoms with Gasteiger partial charge in [-0.1, -0.05) is 36.4 Å². The van der Waals surface area contributed by atoms with Crippen LogP contribution in [0.4, 0.5) is 5.69 Å². The van der Waals surface area contributed by atoms with Crippen molar-refractivity contribution in [1.29, 1.82) is 0 Å². The van der Waals surface area contributed by atoms with Crippen LogP contribution in [-0.2, 0) is 11.2 Å². The molecule has 1 aromatic carbocycles. The van der Waals surface area contributed by atoms with E-state index in [0.29, 0.717) is 17.4 Å². The Hall–Kier alpha value is -2.02. The molecule has 20 heavy (non-hydrogen) atoms. The number of benzene rings is 1. The zero-order valence-electron chi connectivity index (χ0n) is 11.5. The summed E-state index contributed by atoms with van der Waals surface area (Å²) in [5, 5.41) is 11.3. The zero-order chi connectivity index (χ0) is 14.5. The van der Waals surface area contributed by atoms with Gasteiger partial charge in [0, 0.05) is 12.1 Å². The molecule has 3 N–H and O–H groups in total. The van der Waals surface area contributed by atoms with Crippen LogP contribution in [0.1, 0.15) is 18.3 Å². The van der Waals surface area contributed by atoms with Gasteiger partial charge in [0.05, 0.1) is 5.75 Å². The molecule has 0 bridgehead atoms. The van der Waals surface area contributed by atoms with Gasteiger partial charge in [-0.25, -0.2) is 4.68 Å². The van der Waals surface area contributed by atoms with Crippen molar-refractivity contribution >= 4 is 23.4 Å². The number of anilines is 1. The van der Waals surface area contributed by atoms with Gasteiger partial charge in [0.15, 0.2) is 5.82 Å². The van der Waals surface area contributed by atoms with Gasteiger partial charge in [-0.2, -0.15) is 0 Å². The molecule has 0 radical (unpaired) electrons. The molecule has 0 fully saturated rings. The van der Waals surface area contributed by atoms with Crippen LogP contribution < -0.4 is 11.2 Å². The summed E-state index contributed by atoms with van der Waals surface area (Å²) in [7, 11) is 0. The number of nitrogens with one attached hydrogen (secondary N) is 1. The molecule has 106 valence electrons. The van der Waals surface area contributed by atoms with Crippen LogP contribution in [0.15, 0.2) is 29.4 Å². The maximum absolute atomic E-state index is 11.8. The van der Waals surface area contributed by atoms with Crippen LogP contribution in [-0.4, -0.2) is 26.5 Å². The Morgan fingerprint density at radius 3 is 2.65 bits per heavy atom. The number of thioether (sulfide) groups is 1. The highest BCUT2D eigenvalue weighted by molar-refractivity contribution is 7.99. The number of hydrogen-bond acceptors (Lipinski definition) is 5. The van der Waals surface area contributed by atoms with Crippen molar-refractivity contribution in [1.82, 2.24) is 14.9 Å². The number of rotatable bonds is 5. The van der Waals surface area contributed by atoms with Crippen molar-refractivity contribution in [3.05, 3.63) is 35.7 Å². The van der Waals surface area contributed by atoms with Crippen LogP contribution in [0.5, 0.6) is 0 Å². The fourth-order valence-electron chi connectivity index (χ4n) is 1.61. The van der Waals surface area contributed by atoms with E-state index < -0.39 is 0 Å². The number of aryl methyl sites for hydroxylation is 2. The second-order valence-electron chi connectivity index (χ2n) is 4.33. The Morgan fingerprint density at radius 1 is 1.35 bits per heavy atom. The molecule has 1 aromatic heterocycles. The molecule has 0 spiro atoms. The predicted octanol–water partition coefficient (Wildman–Crippen LogP) is 1.59. The van der Waals surface area contributed by atoms with Gasteiger partial charge in [0.25, 0.3) is 0 Å². The highest BCUT2D eigenvalue weighted by Gasteiger charge is 2.11. The maximum atomic E-state index is 11.8. The Kier molecular flexibility index (Phi) is 4.62. The number of nitrogen functional groups attached to an aromatic ring is 1. The van der Waals surface area contributed by atoms with E-state index in [2.05, 4.69) is 15.5 Å². The summed E-state index contributed by atoms with van der Waals surface area (Å²) in [5.74, 6) is 6.65. The molecule has 1 amide bonds. The first-order chi connectivity index (χ1) is 9.60. The average Bonchev–Trinajstić information content (AvgIpc) is 2.79. The number of aromatic nitrogens is 3. The summed E-state index contributed by atoms with van der Waals surface area (Å²) in [5.41, 5.74) is 1.94. The minimum Gasteiger partial charge on any atom is -0.336 e. The molecule has 0 aliphatic rings. The Balaban J connectivity index is 1.88. The highest BCUT2D eigenvalue weighted by atomic mass is 32.2. The molecule has 0 atom stereocenters. The van der Waals surface area contributed by atoms with E-state index in [1.165, 1.54) is 16.4 Å². The molecule has 7 heteroatoms. The molecule has 0 saturated carbocycles. The molecular formula is C13H17N5OS. The maximum Gasteiger partial charge on any atom is 0.234 e. The van der Waals surface area contributed by atoms with Gasteiger partial charge >= 0.3 is 0 Å². The standard InChI is InChI=1S/C13H17N5OS/c1-3-11-16-17-13(18(11)14)20-8-12(19)15-10-6-4-9(2)5-7-10/h4-7H,3,8,14H2,1-2H3,(H,15,19). The molecule has 2 rings (SSSR count). The van der Waals surface area contributed by atoms with Crippen molar-refractivity contribution < 1.29 is 4.79 Å². The molecule has 0 saturated heterocycles. The Bertz CT molecular complexity index is 593. The predicted molar refractivity (Wildman–Crippen MR) is 80.1 cm³/mol. The van der Waals surface area contributed by atoms with Crippen molar-refractivity contribution in [3.63, 3.8) is 0 Å². The lowest BCUT2D eigenvalue weighted by Crippen LogP contribution is -2.17. The molecule has 0 unspecified atom stereocenters. The molecule has 1 heterocycles. The number of carbonyl (C=O) groups is 1. The van der Waals surface area contributed by atoms with Gasteiger partial charge in [0.2, 0.25) is 11.1 Å². The molecule has 6 nitrogen and oxygen atoms in total. The summed E-state index contributed by atoms with van der Waals surface area (Å²) in [4.78, 5) is 11.8. The van der Waals surface area contributed by atoms with E-state index in [9.17, 15) is 4.79 Å².